The highest BCUT2D eigenvalue weighted by molar-refractivity contribution is 6.37. The minimum Gasteiger partial charge on any atom is -0.277 e. The first-order chi connectivity index (χ1) is 26.5. The summed E-state index contributed by atoms with van der Waals surface area (Å²) in [4.78, 5) is 10.8. The number of fused-ring (bicyclic) bond motifs is 18. The largest absolute Gasteiger partial charge is 0.277 e. The van der Waals surface area contributed by atoms with Crippen LogP contribution in [0.15, 0.2) is 121 Å². The minimum atomic E-state index is 0.938. The van der Waals surface area contributed by atoms with Crippen LogP contribution in [0.3, 0.4) is 0 Å². The van der Waals surface area contributed by atoms with Gasteiger partial charge in [-0.2, -0.15) is 0 Å². The molecule has 0 amide bonds. The van der Waals surface area contributed by atoms with Crippen LogP contribution in [0.2, 0.25) is 0 Å². The molecule has 0 saturated heterocycles. The van der Waals surface area contributed by atoms with Crippen LogP contribution in [0.25, 0.3) is 111 Å². The van der Waals surface area contributed by atoms with E-state index in [1.807, 2.05) is 0 Å². The minimum absolute atomic E-state index is 0.938. The summed E-state index contributed by atoms with van der Waals surface area (Å²) in [7, 11) is 0. The maximum absolute atomic E-state index is 5.38. The van der Waals surface area contributed by atoms with Crippen molar-refractivity contribution in [3.8, 4) is 22.3 Å². The van der Waals surface area contributed by atoms with Crippen LogP contribution in [0.5, 0.6) is 0 Å². The third-order valence-corrected chi connectivity index (χ3v) is 12.3. The first-order valence-corrected chi connectivity index (χ1v) is 18.7. The molecule has 0 N–H and O–H groups in total. The fraction of sp³-hybridized carbons (Fsp3) is 0.0833. The second-order valence-electron chi connectivity index (χ2n) is 15.3. The Labute approximate surface area is 308 Å². The van der Waals surface area contributed by atoms with Crippen LogP contribution in [0.1, 0.15) is 22.3 Å². The molecule has 254 valence electrons. The van der Waals surface area contributed by atoms with E-state index >= 15 is 0 Å². The average Bonchev–Trinajstić information content (AvgIpc) is 3.99. The molecule has 6 heterocycles. The van der Waals surface area contributed by atoms with E-state index in [1.54, 1.807) is 0 Å². The van der Waals surface area contributed by atoms with E-state index in [0.29, 0.717) is 0 Å². The lowest BCUT2D eigenvalue weighted by molar-refractivity contribution is 1.21. The van der Waals surface area contributed by atoms with Crippen LogP contribution in [0, 0.1) is 27.7 Å². The van der Waals surface area contributed by atoms with Gasteiger partial charge in [0.15, 0.2) is 0 Å². The molecule has 6 heteroatoms. The number of aromatic nitrogens is 6. The van der Waals surface area contributed by atoms with Gasteiger partial charge in [0.05, 0.1) is 55.2 Å². The van der Waals surface area contributed by atoms with Gasteiger partial charge in [0.2, 0.25) is 11.6 Å². The van der Waals surface area contributed by atoms with Gasteiger partial charge in [-0.15, -0.1) is 0 Å². The van der Waals surface area contributed by atoms with Gasteiger partial charge in [-0.1, -0.05) is 72.8 Å². The number of para-hydroxylation sites is 4. The number of nitrogens with zero attached hydrogens (tertiary/aromatic N) is 6. The van der Waals surface area contributed by atoms with Crippen molar-refractivity contribution in [3.63, 3.8) is 0 Å². The molecule has 0 aliphatic heterocycles. The van der Waals surface area contributed by atoms with Crippen molar-refractivity contribution in [2.24, 2.45) is 0 Å². The van der Waals surface area contributed by atoms with Crippen molar-refractivity contribution in [2.75, 3.05) is 0 Å². The maximum atomic E-state index is 5.38. The fourth-order valence-corrected chi connectivity index (χ4v) is 10.2. The summed E-state index contributed by atoms with van der Waals surface area (Å²) in [5, 5.41) is 4.91. The van der Waals surface area contributed by atoms with Gasteiger partial charge < -0.3 is 0 Å². The van der Waals surface area contributed by atoms with Crippen molar-refractivity contribution in [1.29, 1.82) is 0 Å². The van der Waals surface area contributed by atoms with E-state index < -0.39 is 0 Å². The van der Waals surface area contributed by atoms with Crippen molar-refractivity contribution >= 4 is 88.3 Å². The Hall–Kier alpha value is -6.92. The van der Waals surface area contributed by atoms with Gasteiger partial charge in [0.1, 0.15) is 0 Å². The van der Waals surface area contributed by atoms with E-state index in [0.717, 1.165) is 44.7 Å². The van der Waals surface area contributed by atoms with E-state index in [2.05, 4.69) is 167 Å². The Bertz CT molecular complexity index is 3480. The van der Waals surface area contributed by atoms with Crippen molar-refractivity contribution in [1.82, 2.24) is 27.6 Å². The van der Waals surface area contributed by atoms with E-state index in [-0.39, 0.29) is 0 Å². The Morgan fingerprint density at radius 2 is 0.741 bits per heavy atom. The van der Waals surface area contributed by atoms with Crippen molar-refractivity contribution in [3.05, 3.63) is 144 Å². The number of imidazole rings is 4. The van der Waals surface area contributed by atoms with Crippen LogP contribution in [0.4, 0.5) is 0 Å². The number of rotatable bonds is 2. The zero-order valence-corrected chi connectivity index (χ0v) is 30.2. The Morgan fingerprint density at radius 1 is 0.370 bits per heavy atom. The molecular weight excluding hydrogens is 661 g/mol. The van der Waals surface area contributed by atoms with Crippen molar-refractivity contribution in [2.45, 2.75) is 27.7 Å². The molecule has 0 bridgehead atoms. The summed E-state index contributed by atoms with van der Waals surface area (Å²) in [6.07, 6.45) is 0. The van der Waals surface area contributed by atoms with Crippen LogP contribution in [-0.2, 0) is 0 Å². The number of aryl methyl sites for hydroxylation is 4. The molecule has 0 fully saturated rings. The Kier molecular flexibility index (Phi) is 5.06. The molecule has 6 aromatic heterocycles. The van der Waals surface area contributed by atoms with Gasteiger partial charge in [-0.3, -0.25) is 17.6 Å². The fourth-order valence-electron chi connectivity index (χ4n) is 10.2. The SMILES string of the molecule is Cc1cccc(C)c1-c1ccc2c(c1)c1c3c4c(c5cc(-c6c(C)cccc6C)ccc5n4c4nc5ccccc5n34)c3c1n2c1nc2ccccc2n31. The van der Waals surface area contributed by atoms with Crippen molar-refractivity contribution < 1.29 is 0 Å². The first-order valence-electron chi connectivity index (χ1n) is 18.7. The summed E-state index contributed by atoms with van der Waals surface area (Å²) >= 11 is 0. The first kappa shape index (κ1) is 28.6. The normalized spacial score (nSPS) is 12.8. The Balaban J connectivity index is 1.35. The summed E-state index contributed by atoms with van der Waals surface area (Å²) in [6, 6.07) is 44.4. The zero-order valence-electron chi connectivity index (χ0n) is 30.2. The standard InChI is InChI=1S/C48H32N6/c1-25-11-9-12-26(2)39(25)29-19-21-35-31(23-29)41-43-46(54-38-18-8-6-16-34(38)49-47(54)51(35)43)42-32-24-30(40-27(3)13-10-14-28(40)4)20-22-36(32)52-44(42)45(41)53-37-17-7-5-15-33(37)50-48(52)53/h5-24H,1-4H3. The van der Waals surface area contributed by atoms with Crippen LogP contribution < -0.4 is 0 Å². The van der Waals surface area contributed by atoms with Gasteiger partial charge in [0, 0.05) is 21.5 Å². The van der Waals surface area contributed by atoms with Gasteiger partial charge in [0.25, 0.3) is 0 Å². The molecule has 0 aliphatic rings. The highest BCUT2D eigenvalue weighted by atomic mass is 15.2. The molecule has 0 atom stereocenters. The Morgan fingerprint density at radius 3 is 1.15 bits per heavy atom. The molecule has 7 aromatic carbocycles. The predicted octanol–water partition coefficient (Wildman–Crippen LogP) is 11.8. The number of hydrogen-bond donors (Lipinski definition) is 0. The van der Waals surface area contributed by atoms with E-state index in [9.17, 15) is 0 Å². The summed E-state index contributed by atoms with van der Waals surface area (Å²) in [5.74, 6) is 1.88. The maximum Gasteiger partial charge on any atom is 0.220 e. The van der Waals surface area contributed by atoms with E-state index in [4.69, 9.17) is 9.97 Å². The second kappa shape index (κ2) is 9.54. The molecule has 0 spiro atoms. The van der Waals surface area contributed by atoms with Crippen LogP contribution >= 0.6 is 0 Å². The predicted molar refractivity (Wildman–Crippen MR) is 223 cm³/mol. The molecule has 0 aliphatic carbocycles. The summed E-state index contributed by atoms with van der Waals surface area (Å²) in [5.41, 5.74) is 21.5. The molecule has 6 nitrogen and oxygen atoms in total. The lowest BCUT2D eigenvalue weighted by Crippen LogP contribution is -1.90. The van der Waals surface area contributed by atoms with Crippen LogP contribution in [-0.4, -0.2) is 27.6 Å². The quantitative estimate of drug-likeness (QED) is 0.181. The topological polar surface area (TPSA) is 43.4 Å². The number of benzene rings is 7. The molecular formula is C48H32N6. The molecule has 13 aromatic rings. The van der Waals surface area contributed by atoms with Gasteiger partial charge >= 0.3 is 0 Å². The lowest BCUT2D eigenvalue weighted by atomic mass is 9.94. The molecule has 0 saturated carbocycles. The zero-order chi connectivity index (χ0) is 35.7. The third-order valence-electron chi connectivity index (χ3n) is 12.3. The highest BCUT2D eigenvalue weighted by Crippen LogP contribution is 2.50. The van der Waals surface area contributed by atoms with Gasteiger partial charge in [-0.05, 0) is 121 Å². The van der Waals surface area contributed by atoms with E-state index in [1.165, 1.54) is 88.1 Å². The monoisotopic (exact) mass is 692 g/mol. The molecule has 13 rings (SSSR count). The lowest BCUT2D eigenvalue weighted by Gasteiger charge is -2.11. The average molecular weight is 693 g/mol. The molecule has 54 heavy (non-hydrogen) atoms. The van der Waals surface area contributed by atoms with Gasteiger partial charge in [-0.25, -0.2) is 9.97 Å². The summed E-state index contributed by atoms with van der Waals surface area (Å²) < 4.78 is 9.70. The second-order valence-corrected chi connectivity index (χ2v) is 15.3. The molecule has 0 radical (unpaired) electrons. The smallest absolute Gasteiger partial charge is 0.220 e. The molecule has 0 unspecified atom stereocenters. The third kappa shape index (κ3) is 3.21. The highest BCUT2D eigenvalue weighted by Gasteiger charge is 2.32. The number of hydrogen-bond acceptors (Lipinski definition) is 2. The summed E-state index contributed by atoms with van der Waals surface area (Å²) in [6.45, 7) is 8.88.